The highest BCUT2D eigenvalue weighted by molar-refractivity contribution is 5.84. The molecule has 2 heterocycles. The van der Waals surface area contributed by atoms with Gasteiger partial charge in [-0.3, -0.25) is 4.98 Å². The molecule has 2 aliphatic carbocycles. The Hall–Kier alpha value is -3.26. The van der Waals surface area contributed by atoms with Crippen LogP contribution in [0.5, 0.6) is 0 Å². The maximum Gasteiger partial charge on any atom is 0.212 e. The van der Waals surface area contributed by atoms with Gasteiger partial charge in [0.25, 0.3) is 0 Å². The third-order valence-electron chi connectivity index (χ3n) is 7.91. The smallest absolute Gasteiger partial charge is 0.212 e. The fraction of sp³-hybridized carbons (Fsp3) is 0.290. The van der Waals surface area contributed by atoms with Gasteiger partial charge in [-0.2, -0.15) is 0 Å². The standard InChI is InChI=1S/C31H31N2/c1-20-7-10-23(11-8-20)24-12-14-29(33(4)19-24)26-18-27-25-13-9-22(3)32-30(25)31(15-5-6-16-31)28(27)17-21(26)2/h7-14,17-19H,5-6,15-16H2,1-4H3/q+1. The molecule has 2 heteroatoms. The van der Waals surface area contributed by atoms with Gasteiger partial charge in [-0.15, -0.1) is 0 Å². The van der Waals surface area contributed by atoms with Crippen molar-refractivity contribution in [2.75, 3.05) is 0 Å². The average Bonchev–Trinajstić information content (AvgIpc) is 3.39. The molecule has 0 saturated heterocycles. The average molecular weight is 432 g/mol. The van der Waals surface area contributed by atoms with Gasteiger partial charge in [-0.1, -0.05) is 54.8 Å². The van der Waals surface area contributed by atoms with Crippen LogP contribution in [-0.2, 0) is 12.5 Å². The summed E-state index contributed by atoms with van der Waals surface area (Å²) in [5, 5.41) is 0. The zero-order valence-electron chi connectivity index (χ0n) is 20.1. The Morgan fingerprint density at radius 1 is 0.758 bits per heavy atom. The molecule has 6 rings (SSSR count). The van der Waals surface area contributed by atoms with Gasteiger partial charge in [0, 0.05) is 33.9 Å². The first-order valence-corrected chi connectivity index (χ1v) is 12.2. The van der Waals surface area contributed by atoms with Crippen molar-refractivity contribution in [2.24, 2.45) is 7.05 Å². The summed E-state index contributed by atoms with van der Waals surface area (Å²) in [6, 6.07) is 22.7. The monoisotopic (exact) mass is 431 g/mol. The summed E-state index contributed by atoms with van der Waals surface area (Å²) in [5.41, 5.74) is 14.5. The Bertz CT molecular complexity index is 1390. The second kappa shape index (κ2) is 7.38. The van der Waals surface area contributed by atoms with Crippen LogP contribution in [0.3, 0.4) is 0 Å². The summed E-state index contributed by atoms with van der Waals surface area (Å²) >= 11 is 0. The van der Waals surface area contributed by atoms with Gasteiger partial charge in [0.15, 0.2) is 6.20 Å². The molecule has 0 bridgehead atoms. The highest BCUT2D eigenvalue weighted by Crippen LogP contribution is 2.57. The second-order valence-corrected chi connectivity index (χ2v) is 10.1. The highest BCUT2D eigenvalue weighted by Gasteiger charge is 2.46. The van der Waals surface area contributed by atoms with E-state index in [2.05, 4.69) is 99.2 Å². The van der Waals surface area contributed by atoms with E-state index < -0.39 is 0 Å². The van der Waals surface area contributed by atoms with Crippen molar-refractivity contribution in [1.82, 2.24) is 4.98 Å². The number of hydrogen-bond acceptors (Lipinski definition) is 1. The Morgan fingerprint density at radius 2 is 1.48 bits per heavy atom. The molecule has 0 atom stereocenters. The van der Waals surface area contributed by atoms with Crippen molar-refractivity contribution in [1.29, 1.82) is 0 Å². The molecule has 1 fully saturated rings. The van der Waals surface area contributed by atoms with Crippen LogP contribution >= 0.6 is 0 Å². The molecular formula is C31H31N2+. The Balaban J connectivity index is 1.49. The minimum atomic E-state index is 0.122. The molecule has 0 aliphatic heterocycles. The van der Waals surface area contributed by atoms with Gasteiger partial charge in [0.1, 0.15) is 7.05 Å². The van der Waals surface area contributed by atoms with Crippen molar-refractivity contribution in [3.8, 4) is 33.5 Å². The normalized spacial score (nSPS) is 15.6. The number of aryl methyl sites for hydroxylation is 4. The van der Waals surface area contributed by atoms with Gasteiger partial charge >= 0.3 is 0 Å². The summed E-state index contributed by atoms with van der Waals surface area (Å²) in [6.07, 6.45) is 7.29. The molecule has 33 heavy (non-hydrogen) atoms. The molecular weight excluding hydrogens is 400 g/mol. The topological polar surface area (TPSA) is 16.8 Å². The van der Waals surface area contributed by atoms with E-state index in [9.17, 15) is 0 Å². The van der Waals surface area contributed by atoms with E-state index in [0.29, 0.717) is 0 Å². The van der Waals surface area contributed by atoms with Crippen LogP contribution in [-0.4, -0.2) is 4.98 Å². The molecule has 1 saturated carbocycles. The quantitative estimate of drug-likeness (QED) is 0.312. The summed E-state index contributed by atoms with van der Waals surface area (Å²) in [7, 11) is 2.16. The lowest BCUT2D eigenvalue weighted by Gasteiger charge is -2.26. The number of nitrogens with zero attached hydrogens (tertiary/aromatic N) is 2. The second-order valence-electron chi connectivity index (χ2n) is 10.1. The minimum absolute atomic E-state index is 0.122. The third kappa shape index (κ3) is 3.08. The first-order chi connectivity index (χ1) is 16.0. The lowest BCUT2D eigenvalue weighted by molar-refractivity contribution is -0.659. The number of pyridine rings is 2. The van der Waals surface area contributed by atoms with Crippen molar-refractivity contribution >= 4 is 0 Å². The molecule has 0 N–H and O–H groups in total. The van der Waals surface area contributed by atoms with E-state index in [0.717, 1.165) is 5.69 Å². The molecule has 2 nitrogen and oxygen atoms in total. The largest absolute Gasteiger partial charge is 0.257 e. The van der Waals surface area contributed by atoms with Crippen LogP contribution in [0.25, 0.3) is 33.5 Å². The molecule has 164 valence electrons. The number of hydrogen-bond donors (Lipinski definition) is 0. The maximum atomic E-state index is 5.10. The fourth-order valence-corrected chi connectivity index (χ4v) is 6.16. The van der Waals surface area contributed by atoms with E-state index in [-0.39, 0.29) is 5.41 Å². The maximum absolute atomic E-state index is 5.10. The summed E-state index contributed by atoms with van der Waals surface area (Å²) in [6.45, 7) is 6.53. The van der Waals surface area contributed by atoms with Crippen LogP contribution in [0.2, 0.25) is 0 Å². The Labute approximate surface area is 197 Å². The Morgan fingerprint density at radius 3 is 2.21 bits per heavy atom. The van der Waals surface area contributed by atoms with Crippen molar-refractivity contribution in [3.63, 3.8) is 0 Å². The lowest BCUT2D eigenvalue weighted by atomic mass is 9.78. The molecule has 2 aromatic carbocycles. The molecule has 2 aromatic heterocycles. The van der Waals surface area contributed by atoms with Crippen LogP contribution < -0.4 is 4.57 Å². The van der Waals surface area contributed by atoms with Gasteiger partial charge in [0.05, 0.1) is 5.69 Å². The minimum Gasteiger partial charge on any atom is -0.257 e. The van der Waals surface area contributed by atoms with Gasteiger partial charge in [-0.25, -0.2) is 4.57 Å². The number of rotatable bonds is 2. The predicted molar refractivity (Wildman–Crippen MR) is 135 cm³/mol. The summed E-state index contributed by atoms with van der Waals surface area (Å²) < 4.78 is 2.28. The van der Waals surface area contributed by atoms with Crippen LogP contribution in [0, 0.1) is 20.8 Å². The van der Waals surface area contributed by atoms with Crippen molar-refractivity contribution < 1.29 is 4.57 Å². The fourth-order valence-electron chi connectivity index (χ4n) is 6.16. The van der Waals surface area contributed by atoms with Crippen molar-refractivity contribution in [2.45, 2.75) is 51.9 Å². The van der Waals surface area contributed by atoms with Crippen LogP contribution in [0.15, 0.2) is 66.9 Å². The number of benzene rings is 2. The molecule has 2 aliphatic rings. The summed E-state index contributed by atoms with van der Waals surface area (Å²) in [5.74, 6) is 0. The van der Waals surface area contributed by atoms with E-state index in [1.165, 1.54) is 81.6 Å². The Kier molecular flexibility index (Phi) is 4.55. The van der Waals surface area contributed by atoms with E-state index in [4.69, 9.17) is 4.98 Å². The molecule has 0 unspecified atom stereocenters. The number of aromatic nitrogens is 2. The van der Waals surface area contributed by atoms with Gasteiger partial charge in [-0.05, 0) is 74.1 Å². The van der Waals surface area contributed by atoms with E-state index in [1.807, 2.05) is 0 Å². The zero-order chi connectivity index (χ0) is 22.7. The van der Waals surface area contributed by atoms with Gasteiger partial charge in [0.2, 0.25) is 5.69 Å². The predicted octanol–water partition coefficient (Wildman–Crippen LogP) is 7.01. The molecule has 0 radical (unpaired) electrons. The third-order valence-corrected chi connectivity index (χ3v) is 7.91. The summed E-state index contributed by atoms with van der Waals surface area (Å²) in [4.78, 5) is 5.10. The zero-order valence-corrected chi connectivity index (χ0v) is 20.1. The molecule has 4 aromatic rings. The molecule has 0 amide bonds. The first kappa shape index (κ1) is 20.4. The lowest BCUT2D eigenvalue weighted by Crippen LogP contribution is -2.31. The first-order valence-electron chi connectivity index (χ1n) is 12.2. The van der Waals surface area contributed by atoms with Crippen LogP contribution in [0.4, 0.5) is 0 Å². The van der Waals surface area contributed by atoms with E-state index >= 15 is 0 Å². The number of fused-ring (bicyclic) bond motifs is 5. The highest BCUT2D eigenvalue weighted by atomic mass is 14.9. The SMILES string of the molecule is Cc1ccc(-c2ccc(-c3cc4c(cc3C)C3(CCCC3)c3nc(C)ccc3-4)[n+](C)c2)cc1. The van der Waals surface area contributed by atoms with Gasteiger partial charge < -0.3 is 0 Å². The van der Waals surface area contributed by atoms with E-state index in [1.54, 1.807) is 0 Å². The van der Waals surface area contributed by atoms with Crippen LogP contribution in [0.1, 0.15) is 53.8 Å². The molecule has 1 spiro atoms. The van der Waals surface area contributed by atoms with Crippen molar-refractivity contribution in [3.05, 3.63) is 94.9 Å².